The predicted molar refractivity (Wildman–Crippen MR) is 77.5 cm³/mol. The van der Waals surface area contributed by atoms with Crippen molar-refractivity contribution in [3.63, 3.8) is 0 Å². The number of rotatable bonds is 3. The molecule has 0 saturated heterocycles. The molecule has 1 heterocycles. The minimum Gasteiger partial charge on any atom is -0.324 e. The van der Waals surface area contributed by atoms with Gasteiger partial charge < -0.3 is 5.73 Å². The van der Waals surface area contributed by atoms with E-state index in [9.17, 15) is 0 Å². The fraction of sp³-hybridized carbons (Fsp3) is 0.357. The molecule has 1 atom stereocenters. The molecule has 1 aromatic heterocycles. The van der Waals surface area contributed by atoms with E-state index in [4.69, 9.17) is 5.73 Å². The normalized spacial score (nSPS) is 12.7. The molecule has 2 rings (SSSR count). The van der Waals surface area contributed by atoms with Gasteiger partial charge in [-0.05, 0) is 37.1 Å². The van der Waals surface area contributed by atoms with Crippen molar-refractivity contribution in [1.29, 1.82) is 0 Å². The molecule has 96 valence electrons. The summed E-state index contributed by atoms with van der Waals surface area (Å²) in [7, 11) is 1.96. The highest BCUT2D eigenvalue weighted by Crippen LogP contribution is 2.25. The maximum atomic E-state index is 6.28. The molecule has 4 heteroatoms. The first-order valence-electron chi connectivity index (χ1n) is 5.98. The van der Waals surface area contributed by atoms with Gasteiger partial charge in [0.25, 0.3) is 0 Å². The van der Waals surface area contributed by atoms with Gasteiger partial charge in [-0.25, -0.2) is 0 Å². The maximum Gasteiger partial charge on any atom is 0.0596 e. The molecule has 0 aliphatic rings. The van der Waals surface area contributed by atoms with Crippen LogP contribution in [-0.4, -0.2) is 9.78 Å². The number of hydrogen-bond donors (Lipinski definition) is 1. The van der Waals surface area contributed by atoms with E-state index in [1.807, 2.05) is 18.7 Å². The van der Waals surface area contributed by atoms with Crippen LogP contribution in [0.25, 0.3) is 0 Å². The summed E-state index contributed by atoms with van der Waals surface area (Å²) in [6.45, 7) is 4.07. The van der Waals surface area contributed by atoms with Crippen LogP contribution in [0.5, 0.6) is 0 Å². The standard InChI is InChI=1S/C14H18BrN3/c1-9-4-5-12(13(15)6-9)14(16)8-11-7-10(2)17-18(11)3/h4-7,14H,8,16H2,1-3H3. The van der Waals surface area contributed by atoms with Crippen LogP contribution < -0.4 is 5.73 Å². The number of aryl methyl sites for hydroxylation is 3. The molecule has 0 fully saturated rings. The molecule has 0 amide bonds. The van der Waals surface area contributed by atoms with Gasteiger partial charge in [0, 0.05) is 29.7 Å². The van der Waals surface area contributed by atoms with E-state index in [1.54, 1.807) is 0 Å². The van der Waals surface area contributed by atoms with Gasteiger partial charge in [-0.2, -0.15) is 5.10 Å². The van der Waals surface area contributed by atoms with Gasteiger partial charge in [0.05, 0.1) is 5.69 Å². The molecule has 3 nitrogen and oxygen atoms in total. The molecule has 0 saturated carbocycles. The van der Waals surface area contributed by atoms with Crippen LogP contribution >= 0.6 is 15.9 Å². The summed E-state index contributed by atoms with van der Waals surface area (Å²) in [6.07, 6.45) is 0.791. The minimum atomic E-state index is -0.0187. The first-order chi connectivity index (χ1) is 8.47. The van der Waals surface area contributed by atoms with E-state index >= 15 is 0 Å². The third kappa shape index (κ3) is 2.82. The fourth-order valence-corrected chi connectivity index (χ4v) is 2.91. The lowest BCUT2D eigenvalue weighted by Gasteiger charge is -2.14. The Balaban J connectivity index is 2.21. The van der Waals surface area contributed by atoms with Crippen LogP contribution in [0.2, 0.25) is 0 Å². The van der Waals surface area contributed by atoms with Crippen molar-refractivity contribution in [3.8, 4) is 0 Å². The van der Waals surface area contributed by atoms with Crippen LogP contribution in [0.4, 0.5) is 0 Å². The van der Waals surface area contributed by atoms with E-state index in [0.29, 0.717) is 0 Å². The van der Waals surface area contributed by atoms with Crippen LogP contribution in [0, 0.1) is 13.8 Å². The van der Waals surface area contributed by atoms with Crippen LogP contribution in [0.3, 0.4) is 0 Å². The predicted octanol–water partition coefficient (Wildman–Crippen LogP) is 3.04. The van der Waals surface area contributed by atoms with Gasteiger partial charge in [0.1, 0.15) is 0 Å². The molecule has 2 N–H and O–H groups in total. The van der Waals surface area contributed by atoms with Gasteiger partial charge in [-0.15, -0.1) is 0 Å². The molecule has 0 bridgehead atoms. The highest BCUT2D eigenvalue weighted by atomic mass is 79.9. The topological polar surface area (TPSA) is 43.8 Å². The van der Waals surface area contributed by atoms with E-state index in [1.165, 1.54) is 5.56 Å². The Labute approximate surface area is 116 Å². The van der Waals surface area contributed by atoms with E-state index in [0.717, 1.165) is 27.8 Å². The molecule has 0 spiro atoms. The Kier molecular flexibility index (Phi) is 3.88. The average molecular weight is 308 g/mol. The number of nitrogens with zero attached hydrogens (tertiary/aromatic N) is 2. The molecule has 0 aliphatic heterocycles. The van der Waals surface area contributed by atoms with Crippen molar-refractivity contribution in [2.24, 2.45) is 12.8 Å². The van der Waals surface area contributed by atoms with Gasteiger partial charge >= 0.3 is 0 Å². The summed E-state index contributed by atoms with van der Waals surface area (Å²) in [6, 6.07) is 8.35. The lowest BCUT2D eigenvalue weighted by molar-refractivity contribution is 0.638. The lowest BCUT2D eigenvalue weighted by Crippen LogP contribution is -2.16. The van der Waals surface area contributed by atoms with E-state index < -0.39 is 0 Å². The summed E-state index contributed by atoms with van der Waals surface area (Å²) in [4.78, 5) is 0. The van der Waals surface area contributed by atoms with Gasteiger partial charge in [-0.3, -0.25) is 4.68 Å². The Hall–Kier alpha value is -1.13. The zero-order chi connectivity index (χ0) is 13.3. The first-order valence-corrected chi connectivity index (χ1v) is 6.78. The summed E-state index contributed by atoms with van der Waals surface area (Å²) < 4.78 is 2.98. The van der Waals surface area contributed by atoms with Crippen LogP contribution in [0.1, 0.15) is 28.6 Å². The van der Waals surface area contributed by atoms with Crippen molar-refractivity contribution < 1.29 is 0 Å². The van der Waals surface area contributed by atoms with Crippen molar-refractivity contribution in [2.75, 3.05) is 0 Å². The summed E-state index contributed by atoms with van der Waals surface area (Å²) in [5.41, 5.74) is 10.8. The van der Waals surface area contributed by atoms with Gasteiger partial charge in [-0.1, -0.05) is 28.1 Å². The fourth-order valence-electron chi connectivity index (χ4n) is 2.12. The third-order valence-corrected chi connectivity index (χ3v) is 3.77. The van der Waals surface area contributed by atoms with E-state index in [2.05, 4.69) is 52.2 Å². The second kappa shape index (κ2) is 5.24. The number of hydrogen-bond acceptors (Lipinski definition) is 2. The Morgan fingerprint density at radius 3 is 2.61 bits per heavy atom. The number of nitrogens with two attached hydrogens (primary N) is 1. The van der Waals surface area contributed by atoms with Crippen LogP contribution in [0.15, 0.2) is 28.7 Å². The molecule has 18 heavy (non-hydrogen) atoms. The second-order valence-electron chi connectivity index (χ2n) is 4.74. The molecule has 0 aliphatic carbocycles. The van der Waals surface area contributed by atoms with Crippen molar-refractivity contribution in [3.05, 3.63) is 51.3 Å². The maximum absolute atomic E-state index is 6.28. The van der Waals surface area contributed by atoms with E-state index in [-0.39, 0.29) is 6.04 Å². The summed E-state index contributed by atoms with van der Waals surface area (Å²) >= 11 is 3.58. The largest absolute Gasteiger partial charge is 0.324 e. The molecule has 1 aromatic carbocycles. The molecule has 0 radical (unpaired) electrons. The zero-order valence-corrected chi connectivity index (χ0v) is 12.5. The molecular formula is C14H18BrN3. The smallest absolute Gasteiger partial charge is 0.0596 e. The zero-order valence-electron chi connectivity index (χ0n) is 10.9. The second-order valence-corrected chi connectivity index (χ2v) is 5.59. The monoisotopic (exact) mass is 307 g/mol. The number of benzene rings is 1. The number of halogens is 1. The Bertz CT molecular complexity index is 560. The lowest BCUT2D eigenvalue weighted by atomic mass is 10.0. The third-order valence-electron chi connectivity index (χ3n) is 3.08. The van der Waals surface area contributed by atoms with Crippen molar-refractivity contribution >= 4 is 15.9 Å². The molecule has 2 aromatic rings. The molecule has 1 unspecified atom stereocenters. The minimum absolute atomic E-state index is 0.0187. The Morgan fingerprint density at radius 2 is 2.06 bits per heavy atom. The molecular weight excluding hydrogens is 290 g/mol. The van der Waals surface area contributed by atoms with Gasteiger partial charge in [0.2, 0.25) is 0 Å². The highest BCUT2D eigenvalue weighted by molar-refractivity contribution is 9.10. The SMILES string of the molecule is Cc1ccc(C(N)Cc2cc(C)nn2C)c(Br)c1. The van der Waals surface area contributed by atoms with Gasteiger partial charge in [0.15, 0.2) is 0 Å². The quantitative estimate of drug-likeness (QED) is 0.947. The first kappa shape index (κ1) is 13.3. The number of aromatic nitrogens is 2. The van der Waals surface area contributed by atoms with Crippen molar-refractivity contribution in [1.82, 2.24) is 9.78 Å². The summed E-state index contributed by atoms with van der Waals surface area (Å²) in [5, 5.41) is 4.34. The average Bonchev–Trinajstić information content (AvgIpc) is 2.57. The Morgan fingerprint density at radius 1 is 1.33 bits per heavy atom. The van der Waals surface area contributed by atoms with Crippen molar-refractivity contribution in [2.45, 2.75) is 26.3 Å². The summed E-state index contributed by atoms with van der Waals surface area (Å²) in [5.74, 6) is 0. The van der Waals surface area contributed by atoms with Crippen LogP contribution in [-0.2, 0) is 13.5 Å². The highest BCUT2D eigenvalue weighted by Gasteiger charge is 2.13.